The number of carbonyl (C=O) groups is 1. The number of carbonyl (C=O) groups excluding carboxylic acids is 1. The molecule has 24 heavy (non-hydrogen) atoms. The molecule has 0 aliphatic rings. The Bertz CT molecular complexity index is 864. The Balaban J connectivity index is 2.11. The van der Waals surface area contributed by atoms with Crippen LogP contribution in [-0.4, -0.2) is 20.9 Å². The third kappa shape index (κ3) is 4.75. The first-order chi connectivity index (χ1) is 11.2. The molecule has 0 bridgehead atoms. The third-order valence-electron chi connectivity index (χ3n) is 2.80. The van der Waals surface area contributed by atoms with Crippen LogP contribution in [0.5, 0.6) is 5.75 Å². The number of hydrogen-bond donors (Lipinski definition) is 2. The van der Waals surface area contributed by atoms with Gasteiger partial charge >= 0.3 is 0 Å². The molecule has 0 unspecified atom stereocenters. The van der Waals surface area contributed by atoms with Crippen LogP contribution in [0, 0.1) is 0 Å². The van der Waals surface area contributed by atoms with Crippen LogP contribution in [0.4, 0.5) is 5.69 Å². The van der Waals surface area contributed by atoms with Crippen molar-refractivity contribution in [2.75, 3.05) is 11.9 Å². The van der Waals surface area contributed by atoms with E-state index in [4.69, 9.17) is 44.7 Å². The molecule has 0 aliphatic heterocycles. The Morgan fingerprint density at radius 2 is 1.67 bits per heavy atom. The Labute approximate surface area is 153 Å². The van der Waals surface area contributed by atoms with Crippen molar-refractivity contribution >= 4 is 56.4 Å². The fraction of sp³-hybridized carbons (Fsp3) is 0.0714. The average molecular weight is 410 g/mol. The van der Waals surface area contributed by atoms with Crippen LogP contribution in [0.1, 0.15) is 0 Å². The summed E-state index contributed by atoms with van der Waals surface area (Å²) in [5.74, 6) is -0.210. The summed E-state index contributed by atoms with van der Waals surface area (Å²) in [6, 6.07) is 8.84. The normalized spacial score (nSPS) is 11.2. The molecule has 0 fully saturated rings. The number of rotatable bonds is 5. The molecule has 0 heterocycles. The van der Waals surface area contributed by atoms with E-state index in [0.29, 0.717) is 10.8 Å². The molecule has 0 radical (unpaired) electrons. The second-order valence-corrected chi connectivity index (χ2v) is 7.36. The molecule has 128 valence electrons. The molecule has 3 N–H and O–H groups in total. The van der Waals surface area contributed by atoms with Gasteiger partial charge in [-0.25, -0.2) is 13.6 Å². The van der Waals surface area contributed by atoms with Crippen LogP contribution in [0.2, 0.25) is 15.1 Å². The maximum Gasteiger partial charge on any atom is 0.262 e. The molecule has 0 aromatic heterocycles. The highest BCUT2D eigenvalue weighted by atomic mass is 35.5. The minimum Gasteiger partial charge on any atom is -0.482 e. The lowest BCUT2D eigenvalue weighted by Gasteiger charge is -2.12. The first-order valence-electron chi connectivity index (χ1n) is 6.37. The van der Waals surface area contributed by atoms with Crippen molar-refractivity contribution in [3.8, 4) is 5.75 Å². The number of ether oxygens (including phenoxy) is 1. The molecule has 1 amide bonds. The van der Waals surface area contributed by atoms with Gasteiger partial charge in [-0.15, -0.1) is 0 Å². The van der Waals surface area contributed by atoms with Crippen molar-refractivity contribution in [2.45, 2.75) is 4.90 Å². The first kappa shape index (κ1) is 18.8. The maximum absolute atomic E-state index is 11.9. The lowest BCUT2D eigenvalue weighted by Crippen LogP contribution is -2.21. The molecule has 2 aromatic rings. The van der Waals surface area contributed by atoms with Gasteiger partial charge in [0.05, 0.1) is 25.7 Å². The minimum atomic E-state index is -3.97. The molecule has 0 spiro atoms. The fourth-order valence-corrected chi connectivity index (χ4v) is 3.18. The van der Waals surface area contributed by atoms with E-state index in [0.717, 1.165) is 12.1 Å². The van der Waals surface area contributed by atoms with Crippen molar-refractivity contribution in [1.82, 2.24) is 0 Å². The summed E-state index contributed by atoms with van der Waals surface area (Å²) >= 11 is 17.8. The van der Waals surface area contributed by atoms with Gasteiger partial charge in [0, 0.05) is 0 Å². The van der Waals surface area contributed by atoms with Crippen molar-refractivity contribution in [3.05, 3.63) is 51.5 Å². The van der Waals surface area contributed by atoms with Crippen LogP contribution < -0.4 is 15.2 Å². The summed E-state index contributed by atoms with van der Waals surface area (Å²) in [7, 11) is -3.97. The van der Waals surface area contributed by atoms with Gasteiger partial charge in [-0.05, 0) is 24.3 Å². The Hall–Kier alpha value is -1.51. The zero-order chi connectivity index (χ0) is 17.9. The Morgan fingerprint density at radius 3 is 2.21 bits per heavy atom. The number of hydrogen-bond acceptors (Lipinski definition) is 4. The number of halogens is 3. The van der Waals surface area contributed by atoms with E-state index >= 15 is 0 Å². The molecule has 0 atom stereocenters. The second kappa shape index (κ2) is 7.58. The maximum atomic E-state index is 11.9. The number of nitrogens with one attached hydrogen (secondary N) is 1. The summed E-state index contributed by atoms with van der Waals surface area (Å²) in [6.45, 7) is -0.340. The zero-order valence-electron chi connectivity index (χ0n) is 11.9. The molecule has 2 aromatic carbocycles. The predicted octanol–water partition coefficient (Wildman–Crippen LogP) is 3.31. The average Bonchev–Trinajstić information content (AvgIpc) is 2.49. The molecular weight excluding hydrogens is 399 g/mol. The number of primary sulfonamides is 1. The first-order valence-corrected chi connectivity index (χ1v) is 9.05. The summed E-state index contributed by atoms with van der Waals surface area (Å²) in [5.41, 5.74) is 0.0542. The van der Waals surface area contributed by atoms with E-state index in [-0.39, 0.29) is 27.2 Å². The topological polar surface area (TPSA) is 98.5 Å². The van der Waals surface area contributed by atoms with E-state index < -0.39 is 15.9 Å². The number of anilines is 1. The predicted molar refractivity (Wildman–Crippen MR) is 93.4 cm³/mol. The molecule has 6 nitrogen and oxygen atoms in total. The molecule has 0 aliphatic carbocycles. The van der Waals surface area contributed by atoms with Crippen molar-refractivity contribution in [1.29, 1.82) is 0 Å². The Kier molecular flexibility index (Phi) is 5.95. The Morgan fingerprint density at radius 1 is 1.08 bits per heavy atom. The fourth-order valence-electron chi connectivity index (χ4n) is 1.71. The highest BCUT2D eigenvalue weighted by Gasteiger charge is 2.17. The van der Waals surface area contributed by atoms with E-state index in [1.54, 1.807) is 24.3 Å². The van der Waals surface area contributed by atoms with E-state index in [1.807, 2.05) is 0 Å². The smallest absolute Gasteiger partial charge is 0.262 e. The number of amides is 1. The number of sulfonamides is 1. The molecule has 10 heteroatoms. The quantitative estimate of drug-likeness (QED) is 0.791. The van der Waals surface area contributed by atoms with Crippen LogP contribution >= 0.6 is 34.8 Å². The summed E-state index contributed by atoms with van der Waals surface area (Å²) in [6.07, 6.45) is 0. The summed E-state index contributed by atoms with van der Waals surface area (Å²) < 4.78 is 27.9. The van der Waals surface area contributed by atoms with Crippen LogP contribution in [0.3, 0.4) is 0 Å². The molecule has 0 saturated heterocycles. The SMILES string of the molecule is NS(=O)(=O)c1cc(Cl)c(NC(=O)COc2ccccc2Cl)c(Cl)c1. The number of nitrogens with two attached hydrogens (primary N) is 1. The van der Waals surface area contributed by atoms with Crippen LogP contribution in [0.25, 0.3) is 0 Å². The van der Waals surface area contributed by atoms with Crippen molar-refractivity contribution in [2.24, 2.45) is 5.14 Å². The molecule has 0 saturated carbocycles. The molecule has 2 rings (SSSR count). The number of benzene rings is 2. The van der Waals surface area contributed by atoms with Gasteiger partial charge in [0.25, 0.3) is 5.91 Å². The molecular formula is C14H11Cl3N2O4S. The van der Waals surface area contributed by atoms with Crippen molar-refractivity contribution < 1.29 is 17.9 Å². The van der Waals surface area contributed by atoms with Crippen LogP contribution in [0.15, 0.2) is 41.3 Å². The van der Waals surface area contributed by atoms with E-state index in [2.05, 4.69) is 5.32 Å². The summed E-state index contributed by atoms with van der Waals surface area (Å²) in [5, 5.41) is 7.66. The lowest BCUT2D eigenvalue weighted by atomic mass is 10.3. The largest absolute Gasteiger partial charge is 0.482 e. The van der Waals surface area contributed by atoms with Gasteiger partial charge in [0.15, 0.2) is 6.61 Å². The third-order valence-corrected chi connectivity index (χ3v) is 4.61. The lowest BCUT2D eigenvalue weighted by molar-refractivity contribution is -0.118. The van der Waals surface area contributed by atoms with Gasteiger partial charge < -0.3 is 10.1 Å². The number of para-hydroxylation sites is 1. The van der Waals surface area contributed by atoms with E-state index in [1.165, 1.54) is 0 Å². The van der Waals surface area contributed by atoms with Crippen LogP contribution in [-0.2, 0) is 14.8 Å². The monoisotopic (exact) mass is 408 g/mol. The highest BCUT2D eigenvalue weighted by molar-refractivity contribution is 7.89. The summed E-state index contributed by atoms with van der Waals surface area (Å²) in [4.78, 5) is 11.7. The van der Waals surface area contributed by atoms with Gasteiger partial charge in [0.1, 0.15) is 5.75 Å². The second-order valence-electron chi connectivity index (χ2n) is 4.57. The van der Waals surface area contributed by atoms with Gasteiger partial charge in [-0.2, -0.15) is 0 Å². The van der Waals surface area contributed by atoms with Gasteiger partial charge in [-0.3, -0.25) is 4.79 Å². The van der Waals surface area contributed by atoms with Gasteiger partial charge in [0.2, 0.25) is 10.0 Å². The van der Waals surface area contributed by atoms with Gasteiger partial charge in [-0.1, -0.05) is 46.9 Å². The van der Waals surface area contributed by atoms with Crippen molar-refractivity contribution in [3.63, 3.8) is 0 Å². The zero-order valence-corrected chi connectivity index (χ0v) is 15.0. The minimum absolute atomic E-state index is 0.0542. The highest BCUT2D eigenvalue weighted by Crippen LogP contribution is 2.33. The van der Waals surface area contributed by atoms with E-state index in [9.17, 15) is 13.2 Å². The standard InChI is InChI=1S/C14H11Cl3N2O4S/c15-9-3-1-2-4-12(9)23-7-13(20)19-14-10(16)5-8(6-11(14)17)24(18,21)22/h1-6H,7H2,(H,19,20)(H2,18,21,22).